The zero-order chi connectivity index (χ0) is 16.3. The summed E-state index contributed by atoms with van der Waals surface area (Å²) in [5.41, 5.74) is 9.47. The Morgan fingerprint density at radius 3 is 2.64 bits per heavy atom. The van der Waals surface area contributed by atoms with Crippen molar-refractivity contribution >= 4 is 23.4 Å². The second-order valence-corrected chi connectivity index (χ2v) is 6.31. The van der Waals surface area contributed by atoms with E-state index in [9.17, 15) is 4.79 Å². The fraction of sp³-hybridized carbons (Fsp3) is 0.438. The minimum atomic E-state index is 0.101. The van der Waals surface area contributed by atoms with Gasteiger partial charge in [-0.05, 0) is 33.3 Å². The Bertz CT molecular complexity index is 673. The van der Waals surface area contributed by atoms with Crippen LogP contribution in [0.4, 0.5) is 5.82 Å². The van der Waals surface area contributed by atoms with Gasteiger partial charge in [-0.3, -0.25) is 4.79 Å². The lowest BCUT2D eigenvalue weighted by Gasteiger charge is -2.07. The zero-order valence-corrected chi connectivity index (χ0v) is 14.3. The molecule has 118 valence electrons. The van der Waals surface area contributed by atoms with Crippen molar-refractivity contribution in [3.8, 4) is 0 Å². The fourth-order valence-electron chi connectivity index (χ4n) is 2.49. The van der Waals surface area contributed by atoms with E-state index in [-0.39, 0.29) is 5.78 Å². The molecule has 0 amide bonds. The Morgan fingerprint density at radius 2 is 2.00 bits per heavy atom. The van der Waals surface area contributed by atoms with Crippen molar-refractivity contribution in [3.63, 3.8) is 0 Å². The third-order valence-electron chi connectivity index (χ3n) is 3.51. The molecule has 2 N–H and O–H groups in total. The van der Waals surface area contributed by atoms with Gasteiger partial charge < -0.3 is 10.3 Å². The number of aryl methyl sites for hydroxylation is 2. The number of thioether (sulfide) groups is 1. The maximum atomic E-state index is 12.5. The van der Waals surface area contributed by atoms with Gasteiger partial charge in [0.05, 0.1) is 5.75 Å². The van der Waals surface area contributed by atoms with E-state index < -0.39 is 0 Å². The Kier molecular flexibility index (Phi) is 5.24. The van der Waals surface area contributed by atoms with Crippen molar-refractivity contribution in [2.45, 2.75) is 45.8 Å². The molecule has 0 saturated carbocycles. The summed E-state index contributed by atoms with van der Waals surface area (Å²) in [5, 5.41) is 0.549. The summed E-state index contributed by atoms with van der Waals surface area (Å²) in [6.07, 6.45) is 1.05. The minimum absolute atomic E-state index is 0.101. The Hall–Kier alpha value is -1.82. The SMILES string of the molecule is CCCn1c(C)cc(C(=O)CSc2nc(C)cc(N)n2)c1C. The predicted octanol–water partition coefficient (Wildman–Crippen LogP) is 3.17. The van der Waals surface area contributed by atoms with Crippen LogP contribution in [0.1, 0.15) is 40.8 Å². The number of nitrogens with zero attached hydrogens (tertiary/aromatic N) is 3. The summed E-state index contributed by atoms with van der Waals surface area (Å²) in [7, 11) is 0. The summed E-state index contributed by atoms with van der Waals surface area (Å²) in [6.45, 7) is 8.98. The number of hydrogen-bond acceptors (Lipinski definition) is 5. The molecule has 2 aromatic rings. The lowest BCUT2D eigenvalue weighted by molar-refractivity contribution is 0.102. The van der Waals surface area contributed by atoms with Crippen LogP contribution in [0.2, 0.25) is 0 Å². The van der Waals surface area contributed by atoms with Gasteiger partial charge in [-0.25, -0.2) is 9.97 Å². The molecule has 0 aliphatic rings. The van der Waals surface area contributed by atoms with Crippen LogP contribution >= 0.6 is 11.8 Å². The van der Waals surface area contributed by atoms with Gasteiger partial charge in [0, 0.05) is 35.3 Å². The summed E-state index contributed by atoms with van der Waals surface area (Å²) >= 11 is 1.33. The van der Waals surface area contributed by atoms with E-state index >= 15 is 0 Å². The number of anilines is 1. The Labute approximate surface area is 135 Å². The number of nitrogens with two attached hydrogens (primary N) is 1. The van der Waals surface area contributed by atoms with Gasteiger partial charge in [0.25, 0.3) is 0 Å². The van der Waals surface area contributed by atoms with Gasteiger partial charge in [-0.1, -0.05) is 18.7 Å². The van der Waals surface area contributed by atoms with Gasteiger partial charge in [0.15, 0.2) is 10.9 Å². The highest BCUT2D eigenvalue weighted by atomic mass is 32.2. The minimum Gasteiger partial charge on any atom is -0.384 e. The number of carbonyl (C=O) groups excluding carboxylic acids is 1. The molecule has 2 heterocycles. The third kappa shape index (κ3) is 3.68. The normalized spacial score (nSPS) is 10.9. The number of aromatic nitrogens is 3. The molecule has 0 aliphatic heterocycles. The van der Waals surface area contributed by atoms with E-state index in [0.717, 1.165) is 35.6 Å². The number of rotatable bonds is 6. The maximum absolute atomic E-state index is 12.5. The first kappa shape index (κ1) is 16.5. The van der Waals surface area contributed by atoms with Crippen LogP contribution in [-0.2, 0) is 6.54 Å². The molecular formula is C16H22N4OS. The lowest BCUT2D eigenvalue weighted by atomic mass is 10.2. The highest BCUT2D eigenvalue weighted by Crippen LogP contribution is 2.21. The standard InChI is InChI=1S/C16H22N4OS/c1-5-6-20-11(3)8-13(12(20)4)14(21)9-22-16-18-10(2)7-15(17)19-16/h7-8H,5-6,9H2,1-4H3,(H2,17,18,19). The molecular weight excluding hydrogens is 296 g/mol. The fourth-order valence-corrected chi connectivity index (χ4v) is 3.28. The quantitative estimate of drug-likeness (QED) is 0.503. The topological polar surface area (TPSA) is 73.8 Å². The van der Waals surface area contributed by atoms with E-state index in [2.05, 4.69) is 21.5 Å². The zero-order valence-electron chi connectivity index (χ0n) is 13.5. The first-order chi connectivity index (χ1) is 10.4. The van der Waals surface area contributed by atoms with Crippen molar-refractivity contribution in [3.05, 3.63) is 34.8 Å². The van der Waals surface area contributed by atoms with Gasteiger partial charge in [-0.2, -0.15) is 0 Å². The molecule has 2 aromatic heterocycles. The van der Waals surface area contributed by atoms with Gasteiger partial charge in [0.1, 0.15) is 5.82 Å². The second-order valence-electron chi connectivity index (χ2n) is 5.37. The van der Waals surface area contributed by atoms with E-state index in [1.165, 1.54) is 11.8 Å². The molecule has 0 aliphatic carbocycles. The molecule has 0 aromatic carbocycles. The highest BCUT2D eigenvalue weighted by Gasteiger charge is 2.16. The number of hydrogen-bond donors (Lipinski definition) is 1. The largest absolute Gasteiger partial charge is 0.384 e. The molecule has 0 radical (unpaired) electrons. The van der Waals surface area contributed by atoms with Crippen LogP contribution in [0.3, 0.4) is 0 Å². The smallest absolute Gasteiger partial charge is 0.190 e. The number of carbonyl (C=O) groups is 1. The van der Waals surface area contributed by atoms with Crippen LogP contribution in [0, 0.1) is 20.8 Å². The monoisotopic (exact) mass is 318 g/mol. The van der Waals surface area contributed by atoms with Crippen molar-refractivity contribution < 1.29 is 4.79 Å². The van der Waals surface area contributed by atoms with Crippen LogP contribution in [0.25, 0.3) is 0 Å². The van der Waals surface area contributed by atoms with E-state index in [1.54, 1.807) is 6.07 Å². The van der Waals surface area contributed by atoms with Crippen molar-refractivity contribution in [2.75, 3.05) is 11.5 Å². The molecule has 0 saturated heterocycles. The molecule has 2 rings (SSSR count). The average Bonchev–Trinajstić information content (AvgIpc) is 2.72. The number of ketones is 1. The predicted molar refractivity (Wildman–Crippen MR) is 90.4 cm³/mol. The summed E-state index contributed by atoms with van der Waals surface area (Å²) in [6, 6.07) is 3.68. The highest BCUT2D eigenvalue weighted by molar-refractivity contribution is 7.99. The molecule has 0 atom stereocenters. The van der Waals surface area contributed by atoms with Crippen molar-refractivity contribution in [1.29, 1.82) is 0 Å². The second kappa shape index (κ2) is 6.96. The molecule has 0 spiro atoms. The summed E-state index contributed by atoms with van der Waals surface area (Å²) in [5.74, 6) is 0.854. The Balaban J connectivity index is 2.11. The average molecular weight is 318 g/mol. The van der Waals surface area contributed by atoms with E-state index in [1.807, 2.05) is 26.8 Å². The van der Waals surface area contributed by atoms with Gasteiger partial charge in [-0.15, -0.1) is 0 Å². The van der Waals surface area contributed by atoms with Gasteiger partial charge >= 0.3 is 0 Å². The molecule has 0 unspecified atom stereocenters. The van der Waals surface area contributed by atoms with Crippen LogP contribution < -0.4 is 5.73 Å². The molecule has 0 fully saturated rings. The number of Topliss-reactive ketones (excluding diaryl/α,β-unsaturated/α-hetero) is 1. The maximum Gasteiger partial charge on any atom is 0.190 e. The van der Waals surface area contributed by atoms with Crippen molar-refractivity contribution in [2.24, 2.45) is 0 Å². The van der Waals surface area contributed by atoms with Crippen molar-refractivity contribution in [1.82, 2.24) is 14.5 Å². The summed E-state index contributed by atoms with van der Waals surface area (Å²) in [4.78, 5) is 20.9. The first-order valence-electron chi connectivity index (χ1n) is 7.36. The molecule has 6 heteroatoms. The van der Waals surface area contributed by atoms with Crippen LogP contribution in [0.5, 0.6) is 0 Å². The number of nitrogen functional groups attached to an aromatic ring is 1. The third-order valence-corrected chi connectivity index (χ3v) is 4.35. The molecule has 0 bridgehead atoms. The summed E-state index contributed by atoms with van der Waals surface area (Å²) < 4.78 is 2.19. The van der Waals surface area contributed by atoms with Gasteiger partial charge in [0.2, 0.25) is 0 Å². The van der Waals surface area contributed by atoms with E-state index in [0.29, 0.717) is 16.7 Å². The lowest BCUT2D eigenvalue weighted by Crippen LogP contribution is -2.07. The Morgan fingerprint density at radius 1 is 1.27 bits per heavy atom. The molecule has 22 heavy (non-hydrogen) atoms. The van der Waals surface area contributed by atoms with E-state index in [4.69, 9.17) is 5.73 Å². The molecule has 5 nitrogen and oxygen atoms in total. The van der Waals surface area contributed by atoms with Crippen LogP contribution in [0.15, 0.2) is 17.3 Å². The first-order valence-corrected chi connectivity index (χ1v) is 8.34. The van der Waals surface area contributed by atoms with Crippen LogP contribution in [-0.4, -0.2) is 26.1 Å².